The van der Waals surface area contributed by atoms with Gasteiger partial charge in [0.2, 0.25) is 0 Å². The van der Waals surface area contributed by atoms with E-state index in [-0.39, 0.29) is 12.6 Å². The molecule has 0 aliphatic carbocycles. The normalized spacial score (nSPS) is 18.9. The van der Waals surface area contributed by atoms with Crippen LogP contribution in [0.25, 0.3) is 0 Å². The van der Waals surface area contributed by atoms with Gasteiger partial charge in [-0.25, -0.2) is 0 Å². The number of hydrogen-bond acceptors (Lipinski definition) is 2. The Morgan fingerprint density at radius 1 is 1.25 bits per heavy atom. The molecule has 1 heterocycles. The Bertz CT molecular complexity index is 364. The Hall–Kier alpha value is -0.280. The molecule has 2 rings (SSSR count). The van der Waals surface area contributed by atoms with Gasteiger partial charge in [0.05, 0.1) is 22.7 Å². The van der Waals surface area contributed by atoms with Crippen LogP contribution in [-0.2, 0) is 0 Å². The maximum absolute atomic E-state index is 9.51. The van der Waals surface area contributed by atoms with Crippen molar-refractivity contribution in [3.05, 3.63) is 33.8 Å². The highest BCUT2D eigenvalue weighted by atomic mass is 35.5. The average molecular weight is 260 g/mol. The highest BCUT2D eigenvalue weighted by Gasteiger charge is 2.24. The summed E-state index contributed by atoms with van der Waals surface area (Å²) in [7, 11) is 0. The van der Waals surface area contributed by atoms with Crippen molar-refractivity contribution >= 4 is 23.2 Å². The standard InChI is InChI=1S/C12H15Cl2NO/c13-10-5-3-4-9(12(10)14)11(8-16)15-6-1-2-7-15/h3-5,11,16H,1-2,6-8H2/t11-/m0/s1. The minimum atomic E-state index is -0.0197. The van der Waals surface area contributed by atoms with Gasteiger partial charge in [-0.3, -0.25) is 4.90 Å². The van der Waals surface area contributed by atoms with Crippen LogP contribution in [0, 0.1) is 0 Å². The van der Waals surface area contributed by atoms with Crippen molar-refractivity contribution in [3.8, 4) is 0 Å². The maximum Gasteiger partial charge on any atom is 0.0641 e. The van der Waals surface area contributed by atoms with Crippen LogP contribution >= 0.6 is 23.2 Å². The Morgan fingerprint density at radius 2 is 1.94 bits per heavy atom. The summed E-state index contributed by atoms with van der Waals surface area (Å²) in [5.41, 5.74) is 0.929. The first-order valence-electron chi connectivity index (χ1n) is 5.53. The molecule has 1 aliphatic rings. The van der Waals surface area contributed by atoms with Crippen LogP contribution in [0.15, 0.2) is 18.2 Å². The smallest absolute Gasteiger partial charge is 0.0641 e. The van der Waals surface area contributed by atoms with Gasteiger partial charge in [0.15, 0.2) is 0 Å². The zero-order chi connectivity index (χ0) is 11.5. The van der Waals surface area contributed by atoms with Gasteiger partial charge in [0.1, 0.15) is 0 Å². The molecule has 1 aromatic carbocycles. The number of rotatable bonds is 3. The minimum absolute atomic E-state index is 0.0197. The van der Waals surface area contributed by atoms with Crippen molar-refractivity contribution < 1.29 is 5.11 Å². The Balaban J connectivity index is 2.28. The molecule has 88 valence electrons. The monoisotopic (exact) mass is 259 g/mol. The van der Waals surface area contributed by atoms with E-state index in [1.165, 1.54) is 12.8 Å². The van der Waals surface area contributed by atoms with Crippen molar-refractivity contribution in [2.75, 3.05) is 19.7 Å². The van der Waals surface area contributed by atoms with Crippen LogP contribution in [-0.4, -0.2) is 29.7 Å². The molecular weight excluding hydrogens is 245 g/mol. The largest absolute Gasteiger partial charge is 0.394 e. The molecule has 0 aromatic heterocycles. The quantitative estimate of drug-likeness (QED) is 0.902. The Kier molecular flexibility index (Phi) is 4.09. The summed E-state index contributed by atoms with van der Waals surface area (Å²) in [6, 6.07) is 5.57. The van der Waals surface area contributed by atoms with E-state index in [1.54, 1.807) is 6.07 Å². The summed E-state index contributed by atoms with van der Waals surface area (Å²) in [4.78, 5) is 2.26. The topological polar surface area (TPSA) is 23.5 Å². The number of aliphatic hydroxyl groups is 1. The van der Waals surface area contributed by atoms with E-state index in [0.29, 0.717) is 10.0 Å². The van der Waals surface area contributed by atoms with Crippen molar-refractivity contribution in [1.82, 2.24) is 4.90 Å². The summed E-state index contributed by atoms with van der Waals surface area (Å²) in [6.45, 7) is 2.13. The second kappa shape index (κ2) is 5.37. The molecule has 0 saturated carbocycles. The number of halogens is 2. The van der Waals surface area contributed by atoms with E-state index in [9.17, 15) is 5.11 Å². The lowest BCUT2D eigenvalue weighted by atomic mass is 10.1. The molecule has 0 radical (unpaired) electrons. The summed E-state index contributed by atoms with van der Waals surface area (Å²) in [6.07, 6.45) is 2.38. The van der Waals surface area contributed by atoms with Gasteiger partial charge in [-0.05, 0) is 37.6 Å². The third-order valence-electron chi connectivity index (χ3n) is 3.09. The number of aliphatic hydroxyl groups excluding tert-OH is 1. The molecule has 16 heavy (non-hydrogen) atoms. The third-order valence-corrected chi connectivity index (χ3v) is 3.93. The first-order chi connectivity index (χ1) is 7.74. The van der Waals surface area contributed by atoms with Crippen molar-refractivity contribution in [2.24, 2.45) is 0 Å². The fourth-order valence-electron chi connectivity index (χ4n) is 2.24. The molecule has 1 aromatic rings. The van der Waals surface area contributed by atoms with Gasteiger partial charge >= 0.3 is 0 Å². The lowest BCUT2D eigenvalue weighted by molar-refractivity contribution is 0.147. The predicted molar refractivity (Wildman–Crippen MR) is 67.1 cm³/mol. The zero-order valence-corrected chi connectivity index (χ0v) is 10.5. The Morgan fingerprint density at radius 3 is 2.56 bits per heavy atom. The molecule has 2 nitrogen and oxygen atoms in total. The van der Waals surface area contributed by atoms with Gasteiger partial charge in [0, 0.05) is 0 Å². The van der Waals surface area contributed by atoms with Gasteiger partial charge in [-0.15, -0.1) is 0 Å². The number of likely N-dealkylation sites (tertiary alicyclic amines) is 1. The van der Waals surface area contributed by atoms with Gasteiger partial charge < -0.3 is 5.11 Å². The van der Waals surface area contributed by atoms with Crippen LogP contribution in [0.5, 0.6) is 0 Å². The predicted octanol–water partition coefficient (Wildman–Crippen LogP) is 3.12. The van der Waals surface area contributed by atoms with Crippen molar-refractivity contribution in [2.45, 2.75) is 18.9 Å². The summed E-state index contributed by atoms with van der Waals surface area (Å²) >= 11 is 12.2. The second-order valence-electron chi connectivity index (χ2n) is 4.08. The molecule has 1 atom stereocenters. The summed E-state index contributed by atoms with van der Waals surface area (Å²) in [5.74, 6) is 0. The SMILES string of the molecule is OC[C@@H](c1cccc(Cl)c1Cl)N1CCCC1. The van der Waals surface area contributed by atoms with E-state index < -0.39 is 0 Å². The lowest BCUT2D eigenvalue weighted by Gasteiger charge is -2.27. The third kappa shape index (κ3) is 2.35. The molecule has 1 saturated heterocycles. The zero-order valence-electron chi connectivity index (χ0n) is 9.00. The molecule has 0 spiro atoms. The lowest BCUT2D eigenvalue weighted by Crippen LogP contribution is -2.28. The molecule has 0 unspecified atom stereocenters. The highest BCUT2D eigenvalue weighted by Crippen LogP contribution is 2.33. The van der Waals surface area contributed by atoms with Crippen LogP contribution < -0.4 is 0 Å². The fourth-order valence-corrected chi connectivity index (χ4v) is 2.68. The van der Waals surface area contributed by atoms with Gasteiger partial charge in [-0.2, -0.15) is 0 Å². The first kappa shape index (κ1) is 12.2. The molecule has 0 bridgehead atoms. The van der Waals surface area contributed by atoms with Gasteiger partial charge in [-0.1, -0.05) is 35.3 Å². The molecule has 0 amide bonds. The Labute approximate surface area is 106 Å². The number of benzene rings is 1. The van der Waals surface area contributed by atoms with E-state index in [0.717, 1.165) is 18.7 Å². The number of hydrogen-bond donors (Lipinski definition) is 1. The molecule has 1 N–H and O–H groups in total. The van der Waals surface area contributed by atoms with E-state index in [2.05, 4.69) is 4.90 Å². The van der Waals surface area contributed by atoms with E-state index >= 15 is 0 Å². The fraction of sp³-hybridized carbons (Fsp3) is 0.500. The summed E-state index contributed by atoms with van der Waals surface area (Å²) in [5, 5.41) is 10.6. The van der Waals surface area contributed by atoms with Crippen LogP contribution in [0.1, 0.15) is 24.4 Å². The van der Waals surface area contributed by atoms with Crippen molar-refractivity contribution in [3.63, 3.8) is 0 Å². The van der Waals surface area contributed by atoms with E-state index in [4.69, 9.17) is 23.2 Å². The van der Waals surface area contributed by atoms with Crippen LogP contribution in [0.3, 0.4) is 0 Å². The van der Waals surface area contributed by atoms with Crippen molar-refractivity contribution in [1.29, 1.82) is 0 Å². The first-order valence-corrected chi connectivity index (χ1v) is 6.28. The summed E-state index contributed by atoms with van der Waals surface area (Å²) < 4.78 is 0. The van der Waals surface area contributed by atoms with Crippen LogP contribution in [0.2, 0.25) is 10.0 Å². The molecule has 1 aliphatic heterocycles. The maximum atomic E-state index is 9.51. The van der Waals surface area contributed by atoms with Crippen LogP contribution in [0.4, 0.5) is 0 Å². The van der Waals surface area contributed by atoms with E-state index in [1.807, 2.05) is 12.1 Å². The molecular formula is C12H15Cl2NO. The van der Waals surface area contributed by atoms with Gasteiger partial charge in [0.25, 0.3) is 0 Å². The number of nitrogens with zero attached hydrogens (tertiary/aromatic N) is 1. The minimum Gasteiger partial charge on any atom is -0.394 e. The average Bonchev–Trinajstić information content (AvgIpc) is 2.79. The second-order valence-corrected chi connectivity index (χ2v) is 4.87. The molecule has 1 fully saturated rings. The molecule has 4 heteroatoms. The highest BCUT2D eigenvalue weighted by molar-refractivity contribution is 6.42.